The maximum absolute atomic E-state index is 14.8. The molecule has 0 fully saturated rings. The summed E-state index contributed by atoms with van der Waals surface area (Å²) in [5, 5.41) is 0. The smallest absolute Gasteiger partial charge is 0.147 e. The topological polar surface area (TPSA) is 106 Å². The number of benzene rings is 4. The van der Waals surface area contributed by atoms with Gasteiger partial charge in [0.15, 0.2) is 0 Å². The summed E-state index contributed by atoms with van der Waals surface area (Å²) in [6.45, 7) is 5.91. The molecule has 0 atom stereocenters. The summed E-state index contributed by atoms with van der Waals surface area (Å²) in [6.07, 6.45) is 11.9. The molecule has 0 aliphatic heterocycles. The Bertz CT molecular complexity index is 3250. The van der Waals surface area contributed by atoms with Gasteiger partial charge in [-0.05, 0) is 92.6 Å². The molecule has 0 saturated carbocycles. The van der Waals surface area contributed by atoms with Crippen molar-refractivity contribution in [2.24, 2.45) is 14.1 Å². The fourth-order valence-electron chi connectivity index (χ4n) is 7.83. The molecule has 10 rings (SSSR count). The molecule has 4 aromatic carbocycles. The van der Waals surface area contributed by atoms with E-state index in [0.717, 1.165) is 90.2 Å². The normalized spacial score (nSPS) is 11.3. The van der Waals surface area contributed by atoms with E-state index >= 15 is 0 Å². The van der Waals surface area contributed by atoms with Crippen LogP contribution in [-0.2, 0) is 26.9 Å². The van der Waals surface area contributed by atoms with Gasteiger partial charge in [0, 0.05) is 62.9 Å². The van der Waals surface area contributed by atoms with E-state index in [1.165, 1.54) is 17.7 Å². The number of hydrogen-bond donors (Lipinski definition) is 0. The van der Waals surface area contributed by atoms with Crippen LogP contribution in [0.3, 0.4) is 0 Å². The van der Waals surface area contributed by atoms with E-state index in [1.54, 1.807) is 67.2 Å². The van der Waals surface area contributed by atoms with E-state index in [9.17, 15) is 8.78 Å². The minimum absolute atomic E-state index is 0.266. The predicted molar refractivity (Wildman–Crippen MR) is 241 cm³/mol. The van der Waals surface area contributed by atoms with Gasteiger partial charge in [-0.1, -0.05) is 42.0 Å². The monoisotopic (exact) mass is 838 g/mol. The van der Waals surface area contributed by atoms with E-state index in [2.05, 4.69) is 61.8 Å². The standard InChI is InChI=1S/C25H22FN5O.C25H22FN5/c1-16-14-31(15-28-16)21-9-4-17(13-23(21)32-3)12-20-24-22(10-11-27-20)30(2)25(29-24)18-5-7-19(26)8-6-18;1-16-4-7-19(8-5-16)25-29-24-21(27-11-10-23(24)30(25)3)13-18-6-9-22(20(26)12-18)31-14-17(2)28-15-31/h4-11,13-15H,12H2,1-3H3;4-12,14-15H,13H2,1-3H3. The summed E-state index contributed by atoms with van der Waals surface area (Å²) in [4.78, 5) is 27.4. The molecule has 6 aromatic heterocycles. The SMILES string of the molecule is COc1cc(Cc2nccc3c2nc(-c2ccc(F)cc2)n3C)ccc1-n1cnc(C)c1.Cc1ccc(-c2nc3c(Cc4ccc(-n5cnc(C)c5)c(F)c4)nccc3n2C)cc1. The van der Waals surface area contributed by atoms with Crippen molar-refractivity contribution in [2.45, 2.75) is 33.6 Å². The molecule has 0 radical (unpaired) electrons. The first-order chi connectivity index (χ1) is 30.5. The highest BCUT2D eigenvalue weighted by Gasteiger charge is 2.17. The minimum atomic E-state index is -0.288. The van der Waals surface area contributed by atoms with Crippen LogP contribution in [-0.4, -0.2) is 55.3 Å². The van der Waals surface area contributed by atoms with Crippen molar-refractivity contribution in [3.63, 3.8) is 0 Å². The lowest BCUT2D eigenvalue weighted by atomic mass is 10.1. The molecule has 0 bridgehead atoms. The Morgan fingerprint density at radius 2 is 1.05 bits per heavy atom. The molecule has 0 saturated heterocycles. The van der Waals surface area contributed by atoms with Crippen LogP contribution in [0.25, 0.3) is 56.2 Å². The van der Waals surface area contributed by atoms with Crippen LogP contribution < -0.4 is 4.74 Å². The van der Waals surface area contributed by atoms with Crippen LogP contribution in [0.1, 0.15) is 39.5 Å². The van der Waals surface area contributed by atoms with Crippen molar-refractivity contribution in [1.82, 2.24) is 48.2 Å². The first kappa shape index (κ1) is 40.6. The van der Waals surface area contributed by atoms with Gasteiger partial charge in [-0.2, -0.15) is 0 Å². The maximum Gasteiger partial charge on any atom is 0.147 e. The van der Waals surface area contributed by atoms with Crippen LogP contribution >= 0.6 is 0 Å². The van der Waals surface area contributed by atoms with Crippen molar-refractivity contribution in [3.8, 4) is 39.9 Å². The third kappa shape index (κ3) is 8.20. The first-order valence-corrected chi connectivity index (χ1v) is 20.4. The number of imidazole rings is 4. The lowest BCUT2D eigenvalue weighted by molar-refractivity contribution is 0.412. The summed E-state index contributed by atoms with van der Waals surface area (Å²) in [6, 6.07) is 30.0. The molecule has 0 spiro atoms. The van der Waals surface area contributed by atoms with Gasteiger partial charge in [0.2, 0.25) is 0 Å². The molecule has 0 aliphatic rings. The summed E-state index contributed by atoms with van der Waals surface area (Å²) >= 11 is 0. The van der Waals surface area contributed by atoms with Gasteiger partial charge >= 0.3 is 0 Å². The molecule has 13 heteroatoms. The average Bonchev–Trinajstić information content (AvgIpc) is 4.08. The average molecular weight is 839 g/mol. The van der Waals surface area contributed by atoms with Crippen molar-refractivity contribution in [3.05, 3.63) is 186 Å². The molecule has 0 aliphatic carbocycles. The van der Waals surface area contributed by atoms with E-state index in [-0.39, 0.29) is 11.6 Å². The number of ether oxygens (including phenoxy) is 1. The number of pyridine rings is 2. The second-order valence-electron chi connectivity index (χ2n) is 15.6. The Morgan fingerprint density at radius 3 is 1.54 bits per heavy atom. The minimum Gasteiger partial charge on any atom is -0.495 e. The lowest BCUT2D eigenvalue weighted by Crippen LogP contribution is -1.99. The largest absolute Gasteiger partial charge is 0.495 e. The van der Waals surface area contributed by atoms with Crippen LogP contribution in [0.2, 0.25) is 0 Å². The number of aromatic nitrogens is 10. The molecule has 6 heterocycles. The molecular formula is C50H44F2N10O. The molecule has 63 heavy (non-hydrogen) atoms. The predicted octanol–water partition coefficient (Wildman–Crippen LogP) is 10.0. The fraction of sp³-hybridized carbons (Fsp3) is 0.160. The van der Waals surface area contributed by atoms with E-state index in [4.69, 9.17) is 14.7 Å². The third-order valence-electron chi connectivity index (χ3n) is 11.1. The Kier molecular flexibility index (Phi) is 10.9. The highest BCUT2D eigenvalue weighted by atomic mass is 19.1. The number of nitrogens with zero attached hydrogens (tertiary/aromatic N) is 10. The zero-order valence-electron chi connectivity index (χ0n) is 35.8. The van der Waals surface area contributed by atoms with Crippen molar-refractivity contribution >= 4 is 22.1 Å². The Morgan fingerprint density at radius 1 is 0.556 bits per heavy atom. The summed E-state index contributed by atoms with van der Waals surface area (Å²) in [7, 11) is 5.64. The quantitative estimate of drug-likeness (QED) is 0.143. The van der Waals surface area contributed by atoms with Crippen LogP contribution in [0.15, 0.2) is 135 Å². The first-order valence-electron chi connectivity index (χ1n) is 20.4. The van der Waals surface area contributed by atoms with Gasteiger partial charge in [0.05, 0.1) is 64.9 Å². The number of hydrogen-bond acceptors (Lipinski definition) is 7. The molecule has 314 valence electrons. The van der Waals surface area contributed by atoms with Crippen molar-refractivity contribution in [1.29, 1.82) is 0 Å². The highest BCUT2D eigenvalue weighted by molar-refractivity contribution is 5.83. The Balaban J connectivity index is 0.000000160. The van der Waals surface area contributed by atoms with Crippen LogP contribution in [0, 0.1) is 32.4 Å². The summed E-state index contributed by atoms with van der Waals surface area (Å²) < 4.78 is 41.5. The van der Waals surface area contributed by atoms with Crippen LogP contribution in [0.4, 0.5) is 8.78 Å². The molecule has 0 amide bonds. The van der Waals surface area contributed by atoms with Crippen molar-refractivity contribution < 1.29 is 13.5 Å². The Labute approximate surface area is 363 Å². The van der Waals surface area contributed by atoms with E-state index < -0.39 is 0 Å². The number of methoxy groups -OCH3 is 1. The molecule has 0 N–H and O–H groups in total. The lowest BCUT2D eigenvalue weighted by Gasteiger charge is -2.11. The molecule has 11 nitrogen and oxygen atoms in total. The number of aryl methyl sites for hydroxylation is 5. The van der Waals surface area contributed by atoms with Gasteiger partial charge in [-0.25, -0.2) is 28.7 Å². The molecule has 10 aromatic rings. The second kappa shape index (κ2) is 16.9. The summed E-state index contributed by atoms with van der Waals surface area (Å²) in [5.74, 6) is 1.88. The van der Waals surface area contributed by atoms with E-state index in [1.807, 2.05) is 73.6 Å². The van der Waals surface area contributed by atoms with Gasteiger partial charge < -0.3 is 23.0 Å². The number of fused-ring (bicyclic) bond motifs is 2. The summed E-state index contributed by atoms with van der Waals surface area (Å²) in [5.41, 5.74) is 13.6. The van der Waals surface area contributed by atoms with Gasteiger partial charge in [-0.3, -0.25) is 9.97 Å². The van der Waals surface area contributed by atoms with Gasteiger partial charge in [0.25, 0.3) is 0 Å². The zero-order valence-corrected chi connectivity index (χ0v) is 35.8. The van der Waals surface area contributed by atoms with Gasteiger partial charge in [-0.15, -0.1) is 0 Å². The number of rotatable bonds is 9. The molecule has 0 unspecified atom stereocenters. The van der Waals surface area contributed by atoms with E-state index in [0.29, 0.717) is 18.5 Å². The van der Waals surface area contributed by atoms with Crippen LogP contribution in [0.5, 0.6) is 5.75 Å². The third-order valence-corrected chi connectivity index (χ3v) is 11.1. The van der Waals surface area contributed by atoms with Gasteiger partial charge in [0.1, 0.15) is 40.1 Å². The Hall–Kier alpha value is -7.80. The van der Waals surface area contributed by atoms with Crippen molar-refractivity contribution in [2.75, 3.05) is 7.11 Å². The molecular weight excluding hydrogens is 795 g/mol. The zero-order chi connectivity index (χ0) is 43.8. The highest BCUT2D eigenvalue weighted by Crippen LogP contribution is 2.30. The maximum atomic E-state index is 14.8. The number of halogens is 2. The fourth-order valence-corrected chi connectivity index (χ4v) is 7.83. The second-order valence-corrected chi connectivity index (χ2v) is 15.6.